The van der Waals surface area contributed by atoms with E-state index in [-0.39, 0.29) is 11.2 Å². The van der Waals surface area contributed by atoms with Gasteiger partial charge in [0.05, 0.1) is 0 Å². The van der Waals surface area contributed by atoms with E-state index in [9.17, 15) is 4.79 Å². The fourth-order valence-corrected chi connectivity index (χ4v) is 1.15. The molecule has 1 aromatic heterocycles. The molecule has 0 radical (unpaired) electrons. The topological polar surface area (TPSA) is 66.9 Å². The largest absolute Gasteiger partial charge is 0.369 e. The van der Waals surface area contributed by atoms with Gasteiger partial charge in [0.15, 0.2) is 0 Å². The highest BCUT2D eigenvalue weighted by Crippen LogP contribution is 2.12. The number of halogens is 1. The molecule has 2 N–H and O–H groups in total. The van der Waals surface area contributed by atoms with Gasteiger partial charge in [-0.1, -0.05) is 0 Å². The van der Waals surface area contributed by atoms with Crippen molar-refractivity contribution in [2.24, 2.45) is 0 Å². The van der Waals surface area contributed by atoms with E-state index in [1.54, 1.807) is 13.2 Å². The van der Waals surface area contributed by atoms with Crippen LogP contribution in [0.2, 0.25) is 5.28 Å². The Morgan fingerprint density at radius 2 is 2.33 bits per heavy atom. The Labute approximate surface area is 93.3 Å². The van der Waals surface area contributed by atoms with Gasteiger partial charge in [-0.2, -0.15) is 0 Å². The third-order valence-electron chi connectivity index (χ3n) is 1.87. The zero-order chi connectivity index (χ0) is 11.3. The van der Waals surface area contributed by atoms with Gasteiger partial charge in [-0.25, -0.2) is 9.97 Å². The summed E-state index contributed by atoms with van der Waals surface area (Å²) in [5.41, 5.74) is 0.899. The molecule has 0 aliphatic heterocycles. The molecule has 0 spiro atoms. The van der Waals surface area contributed by atoms with Crippen molar-refractivity contribution in [3.8, 4) is 0 Å². The highest BCUT2D eigenvalue weighted by molar-refractivity contribution is 6.28. The van der Waals surface area contributed by atoms with E-state index in [0.717, 1.165) is 5.56 Å². The van der Waals surface area contributed by atoms with Gasteiger partial charge in [-0.3, -0.25) is 4.79 Å². The number of aryl methyl sites for hydroxylation is 1. The number of nitrogens with zero attached hydrogens (tertiary/aromatic N) is 2. The third-order valence-corrected chi connectivity index (χ3v) is 2.05. The Balaban J connectivity index is 2.50. The van der Waals surface area contributed by atoms with Crippen LogP contribution < -0.4 is 10.6 Å². The summed E-state index contributed by atoms with van der Waals surface area (Å²) >= 11 is 5.64. The second-order valence-electron chi connectivity index (χ2n) is 3.02. The van der Waals surface area contributed by atoms with Gasteiger partial charge in [0.1, 0.15) is 5.82 Å². The average molecular weight is 229 g/mol. The van der Waals surface area contributed by atoms with E-state index >= 15 is 0 Å². The number of rotatable bonds is 4. The molecule has 0 saturated heterocycles. The molecular formula is C9H13ClN4O. The number of amides is 1. The van der Waals surface area contributed by atoms with Gasteiger partial charge in [0.25, 0.3) is 0 Å². The van der Waals surface area contributed by atoms with E-state index in [1.807, 2.05) is 6.92 Å². The summed E-state index contributed by atoms with van der Waals surface area (Å²) in [6.45, 7) is 2.40. The molecule has 0 aliphatic carbocycles. The maximum Gasteiger partial charge on any atom is 0.224 e. The van der Waals surface area contributed by atoms with Crippen LogP contribution in [0.5, 0.6) is 0 Å². The summed E-state index contributed by atoms with van der Waals surface area (Å²) in [6, 6.07) is 0. The van der Waals surface area contributed by atoms with Crippen LogP contribution in [0.4, 0.5) is 5.82 Å². The molecule has 0 fully saturated rings. The van der Waals surface area contributed by atoms with Gasteiger partial charge >= 0.3 is 0 Å². The average Bonchev–Trinajstić information content (AvgIpc) is 2.23. The summed E-state index contributed by atoms with van der Waals surface area (Å²) in [6.07, 6.45) is 2.04. The van der Waals surface area contributed by atoms with Crippen molar-refractivity contribution in [3.05, 3.63) is 17.0 Å². The van der Waals surface area contributed by atoms with Gasteiger partial charge in [0, 0.05) is 31.8 Å². The standard InChI is InChI=1S/C9H13ClN4O/c1-6-5-13-9(10)14-8(6)12-4-3-7(15)11-2/h5H,3-4H2,1-2H3,(H,11,15)(H,12,13,14). The van der Waals surface area contributed by atoms with E-state index in [0.29, 0.717) is 18.8 Å². The fraction of sp³-hybridized carbons (Fsp3) is 0.444. The normalized spacial score (nSPS) is 9.80. The van der Waals surface area contributed by atoms with Crippen LogP contribution in [0.3, 0.4) is 0 Å². The monoisotopic (exact) mass is 228 g/mol. The molecule has 1 amide bonds. The first kappa shape index (κ1) is 11.7. The van der Waals surface area contributed by atoms with Gasteiger partial charge < -0.3 is 10.6 Å². The molecule has 0 saturated carbocycles. The van der Waals surface area contributed by atoms with Crippen LogP contribution in [-0.4, -0.2) is 29.5 Å². The summed E-state index contributed by atoms with van der Waals surface area (Å²) in [7, 11) is 1.61. The van der Waals surface area contributed by atoms with E-state index in [4.69, 9.17) is 11.6 Å². The molecule has 1 rings (SSSR count). The molecule has 15 heavy (non-hydrogen) atoms. The number of carbonyl (C=O) groups excluding carboxylic acids is 1. The van der Waals surface area contributed by atoms with Crippen LogP contribution in [0, 0.1) is 6.92 Å². The fourth-order valence-electron chi connectivity index (χ4n) is 1.02. The van der Waals surface area contributed by atoms with Crippen LogP contribution in [0.15, 0.2) is 6.20 Å². The first-order valence-corrected chi connectivity index (χ1v) is 4.95. The summed E-state index contributed by atoms with van der Waals surface area (Å²) in [5.74, 6) is 0.652. The Morgan fingerprint density at radius 3 is 3.00 bits per heavy atom. The Bertz CT molecular complexity index is 356. The van der Waals surface area contributed by atoms with Gasteiger partial charge in [0.2, 0.25) is 11.2 Å². The predicted molar refractivity (Wildman–Crippen MR) is 59.0 cm³/mol. The Morgan fingerprint density at radius 1 is 1.60 bits per heavy atom. The van der Waals surface area contributed by atoms with Crippen LogP contribution >= 0.6 is 11.6 Å². The molecule has 0 atom stereocenters. The summed E-state index contributed by atoms with van der Waals surface area (Å²) in [4.78, 5) is 18.8. The van der Waals surface area contributed by atoms with Crippen molar-refractivity contribution >= 4 is 23.3 Å². The Hall–Kier alpha value is -1.36. The van der Waals surface area contributed by atoms with E-state index < -0.39 is 0 Å². The second-order valence-corrected chi connectivity index (χ2v) is 3.36. The van der Waals surface area contributed by atoms with Crippen molar-refractivity contribution in [2.75, 3.05) is 18.9 Å². The molecule has 0 aliphatic rings. The number of nitrogens with one attached hydrogen (secondary N) is 2. The lowest BCUT2D eigenvalue weighted by Gasteiger charge is -2.07. The number of hydrogen-bond donors (Lipinski definition) is 2. The predicted octanol–water partition coefficient (Wildman–Crippen LogP) is 0.986. The smallest absolute Gasteiger partial charge is 0.224 e. The second kappa shape index (κ2) is 5.50. The third kappa shape index (κ3) is 3.71. The van der Waals surface area contributed by atoms with Crippen molar-refractivity contribution in [1.82, 2.24) is 15.3 Å². The maximum absolute atomic E-state index is 10.9. The number of carbonyl (C=O) groups is 1. The van der Waals surface area contributed by atoms with Crippen molar-refractivity contribution in [1.29, 1.82) is 0 Å². The van der Waals surface area contributed by atoms with Crippen molar-refractivity contribution in [2.45, 2.75) is 13.3 Å². The summed E-state index contributed by atoms with van der Waals surface area (Å²) in [5, 5.41) is 5.76. The first-order valence-electron chi connectivity index (χ1n) is 4.57. The minimum atomic E-state index is -0.0136. The van der Waals surface area contributed by atoms with Crippen LogP contribution in [0.1, 0.15) is 12.0 Å². The molecule has 0 aromatic carbocycles. The molecular weight excluding hydrogens is 216 g/mol. The Kier molecular flexibility index (Phi) is 4.30. The summed E-state index contributed by atoms with van der Waals surface area (Å²) < 4.78 is 0. The van der Waals surface area contributed by atoms with Crippen molar-refractivity contribution < 1.29 is 4.79 Å². The zero-order valence-electron chi connectivity index (χ0n) is 8.67. The lowest BCUT2D eigenvalue weighted by atomic mass is 10.3. The number of anilines is 1. The van der Waals surface area contributed by atoms with E-state index in [2.05, 4.69) is 20.6 Å². The van der Waals surface area contributed by atoms with E-state index in [1.165, 1.54) is 0 Å². The lowest BCUT2D eigenvalue weighted by Crippen LogP contribution is -2.21. The number of aromatic nitrogens is 2. The molecule has 1 heterocycles. The lowest BCUT2D eigenvalue weighted by molar-refractivity contribution is -0.120. The molecule has 6 heteroatoms. The first-order chi connectivity index (χ1) is 7.13. The molecule has 1 aromatic rings. The maximum atomic E-state index is 10.9. The van der Waals surface area contributed by atoms with Gasteiger partial charge in [-0.15, -0.1) is 0 Å². The van der Waals surface area contributed by atoms with Crippen LogP contribution in [-0.2, 0) is 4.79 Å². The number of hydrogen-bond acceptors (Lipinski definition) is 4. The highest BCUT2D eigenvalue weighted by Gasteiger charge is 2.02. The minimum absolute atomic E-state index is 0.0136. The zero-order valence-corrected chi connectivity index (χ0v) is 9.43. The SMILES string of the molecule is CNC(=O)CCNc1nc(Cl)ncc1C. The van der Waals surface area contributed by atoms with Crippen LogP contribution in [0.25, 0.3) is 0 Å². The van der Waals surface area contributed by atoms with Crippen molar-refractivity contribution in [3.63, 3.8) is 0 Å². The molecule has 5 nitrogen and oxygen atoms in total. The molecule has 0 unspecified atom stereocenters. The highest BCUT2D eigenvalue weighted by atomic mass is 35.5. The van der Waals surface area contributed by atoms with Gasteiger partial charge in [-0.05, 0) is 18.5 Å². The quantitative estimate of drug-likeness (QED) is 0.755. The molecule has 82 valence electrons. The minimum Gasteiger partial charge on any atom is -0.369 e. The molecule has 0 bridgehead atoms.